The van der Waals surface area contributed by atoms with E-state index < -0.39 is 6.10 Å². The summed E-state index contributed by atoms with van der Waals surface area (Å²) < 4.78 is 5.16. The number of aliphatic hydroxyl groups excluding tert-OH is 1. The molecule has 5 heteroatoms. The number of benzene rings is 1. The van der Waals surface area contributed by atoms with Gasteiger partial charge in [0, 0.05) is 18.5 Å². The maximum atomic E-state index is 12.0. The number of carbonyl (C=O) groups is 1. The number of hydrogen-bond acceptors (Lipinski definition) is 3. The zero-order valence-electron chi connectivity index (χ0n) is 14.2. The molecule has 0 saturated heterocycles. The van der Waals surface area contributed by atoms with Crippen molar-refractivity contribution in [1.82, 2.24) is 10.6 Å². The molecule has 24 heavy (non-hydrogen) atoms. The van der Waals surface area contributed by atoms with E-state index in [4.69, 9.17) is 4.42 Å². The fourth-order valence-corrected chi connectivity index (χ4v) is 2.58. The number of carbonyl (C=O) groups excluding carboxylic acids is 1. The van der Waals surface area contributed by atoms with Crippen LogP contribution in [0.15, 0.2) is 53.1 Å². The van der Waals surface area contributed by atoms with Crippen molar-refractivity contribution in [3.8, 4) is 0 Å². The van der Waals surface area contributed by atoms with Crippen LogP contribution in [-0.4, -0.2) is 23.2 Å². The number of aliphatic hydroxyl groups is 1. The van der Waals surface area contributed by atoms with Gasteiger partial charge in [0.1, 0.15) is 11.9 Å². The number of aryl methyl sites for hydroxylation is 1. The van der Waals surface area contributed by atoms with E-state index in [9.17, 15) is 9.90 Å². The Bertz CT molecular complexity index is 598. The molecular weight excluding hydrogens is 304 g/mol. The fraction of sp³-hybridized carbons (Fsp3) is 0.421. The van der Waals surface area contributed by atoms with Crippen LogP contribution in [0, 0.1) is 0 Å². The lowest BCUT2D eigenvalue weighted by Gasteiger charge is -2.19. The fourth-order valence-electron chi connectivity index (χ4n) is 2.58. The van der Waals surface area contributed by atoms with Gasteiger partial charge in [-0.15, -0.1) is 0 Å². The minimum absolute atomic E-state index is 0.0763. The second-order valence-corrected chi connectivity index (χ2v) is 6.21. The maximum absolute atomic E-state index is 12.0. The minimum Gasteiger partial charge on any atom is -0.467 e. The molecule has 3 unspecified atom stereocenters. The molecule has 0 radical (unpaired) electrons. The quantitative estimate of drug-likeness (QED) is 0.694. The first kappa shape index (κ1) is 18.1. The average molecular weight is 330 g/mol. The standard InChI is InChI=1S/C19H26N2O3/c1-14(10-11-16-7-4-3-5-8-16)20-19(23)21-15(2)13-17(22)18-9-6-12-24-18/h3-9,12,14-15,17,22H,10-11,13H2,1-2H3,(H2,20,21,23). The van der Waals surface area contributed by atoms with E-state index in [2.05, 4.69) is 22.8 Å². The van der Waals surface area contributed by atoms with E-state index >= 15 is 0 Å². The Hall–Kier alpha value is -2.27. The number of nitrogens with one attached hydrogen (secondary N) is 2. The Morgan fingerprint density at radius 2 is 1.79 bits per heavy atom. The van der Waals surface area contributed by atoms with E-state index in [1.54, 1.807) is 12.1 Å². The third-order valence-corrected chi connectivity index (χ3v) is 3.91. The Balaban J connectivity index is 1.68. The van der Waals surface area contributed by atoms with Gasteiger partial charge in [0.05, 0.1) is 6.26 Å². The van der Waals surface area contributed by atoms with Crippen molar-refractivity contribution in [2.24, 2.45) is 0 Å². The number of rotatable bonds is 8. The van der Waals surface area contributed by atoms with Crippen LogP contribution in [0.5, 0.6) is 0 Å². The summed E-state index contributed by atoms with van der Waals surface area (Å²) in [7, 11) is 0. The molecule has 0 aliphatic carbocycles. The molecule has 2 amide bonds. The highest BCUT2D eigenvalue weighted by Gasteiger charge is 2.17. The van der Waals surface area contributed by atoms with Crippen LogP contribution in [0.3, 0.4) is 0 Å². The lowest BCUT2D eigenvalue weighted by atomic mass is 10.1. The maximum Gasteiger partial charge on any atom is 0.315 e. The van der Waals surface area contributed by atoms with Crippen molar-refractivity contribution >= 4 is 6.03 Å². The predicted octanol–water partition coefficient (Wildman–Crippen LogP) is 3.41. The molecule has 0 fully saturated rings. The van der Waals surface area contributed by atoms with E-state index in [0.29, 0.717) is 12.2 Å². The van der Waals surface area contributed by atoms with Gasteiger partial charge in [-0.1, -0.05) is 30.3 Å². The lowest BCUT2D eigenvalue weighted by molar-refractivity contribution is 0.129. The van der Waals surface area contributed by atoms with Crippen molar-refractivity contribution in [3.05, 3.63) is 60.1 Å². The third-order valence-electron chi connectivity index (χ3n) is 3.91. The van der Waals surface area contributed by atoms with E-state index in [1.165, 1.54) is 11.8 Å². The zero-order chi connectivity index (χ0) is 17.4. The summed E-state index contributed by atoms with van der Waals surface area (Å²) in [5.74, 6) is 0.514. The van der Waals surface area contributed by atoms with Crippen molar-refractivity contribution < 1.29 is 14.3 Å². The predicted molar refractivity (Wildman–Crippen MR) is 93.6 cm³/mol. The molecule has 1 aromatic heterocycles. The molecule has 0 saturated carbocycles. The van der Waals surface area contributed by atoms with Crippen molar-refractivity contribution in [2.45, 2.75) is 51.3 Å². The normalized spacial score (nSPS) is 14.6. The third kappa shape index (κ3) is 6.08. The topological polar surface area (TPSA) is 74.5 Å². The lowest BCUT2D eigenvalue weighted by Crippen LogP contribution is -2.45. The van der Waals surface area contributed by atoms with Gasteiger partial charge in [-0.05, 0) is 44.4 Å². The molecule has 3 N–H and O–H groups in total. The average Bonchev–Trinajstić information content (AvgIpc) is 3.08. The Labute approximate surface area is 143 Å². The highest BCUT2D eigenvalue weighted by atomic mass is 16.4. The van der Waals surface area contributed by atoms with Gasteiger partial charge < -0.3 is 20.2 Å². The van der Waals surface area contributed by atoms with Crippen LogP contribution in [-0.2, 0) is 6.42 Å². The first-order valence-electron chi connectivity index (χ1n) is 8.37. The number of furan rings is 1. The largest absolute Gasteiger partial charge is 0.467 e. The molecular formula is C19H26N2O3. The molecule has 3 atom stereocenters. The molecule has 0 aliphatic rings. The minimum atomic E-state index is -0.717. The Morgan fingerprint density at radius 1 is 1.08 bits per heavy atom. The molecule has 0 spiro atoms. The summed E-state index contributed by atoms with van der Waals surface area (Å²) in [4.78, 5) is 12.0. The summed E-state index contributed by atoms with van der Waals surface area (Å²) in [6, 6.07) is 13.4. The first-order chi connectivity index (χ1) is 11.5. The molecule has 1 aromatic carbocycles. The zero-order valence-corrected chi connectivity index (χ0v) is 14.2. The van der Waals surface area contributed by atoms with E-state index in [-0.39, 0.29) is 18.1 Å². The Kier molecular flexibility index (Phi) is 6.88. The first-order valence-corrected chi connectivity index (χ1v) is 8.37. The van der Waals surface area contributed by atoms with Gasteiger partial charge in [-0.25, -0.2) is 4.79 Å². The molecule has 2 rings (SSSR count). The van der Waals surface area contributed by atoms with Crippen LogP contribution >= 0.6 is 0 Å². The summed E-state index contributed by atoms with van der Waals surface area (Å²) in [5, 5.41) is 15.8. The van der Waals surface area contributed by atoms with Gasteiger partial charge in [0.2, 0.25) is 0 Å². The molecule has 0 aliphatic heterocycles. The van der Waals surface area contributed by atoms with Gasteiger partial charge in [-0.2, -0.15) is 0 Å². The van der Waals surface area contributed by atoms with Gasteiger partial charge >= 0.3 is 6.03 Å². The smallest absolute Gasteiger partial charge is 0.315 e. The van der Waals surface area contributed by atoms with Gasteiger partial charge in [0.15, 0.2) is 0 Å². The number of amides is 2. The van der Waals surface area contributed by atoms with Gasteiger partial charge in [0.25, 0.3) is 0 Å². The monoisotopic (exact) mass is 330 g/mol. The Morgan fingerprint density at radius 3 is 2.46 bits per heavy atom. The second kappa shape index (κ2) is 9.13. The SMILES string of the molecule is CC(CCc1ccccc1)NC(=O)NC(C)CC(O)c1ccco1. The number of hydrogen-bond donors (Lipinski definition) is 3. The van der Waals surface area contributed by atoms with Crippen LogP contribution < -0.4 is 10.6 Å². The second-order valence-electron chi connectivity index (χ2n) is 6.21. The highest BCUT2D eigenvalue weighted by Crippen LogP contribution is 2.18. The molecule has 130 valence electrons. The van der Waals surface area contributed by atoms with Crippen molar-refractivity contribution in [3.63, 3.8) is 0 Å². The molecule has 2 aromatic rings. The van der Waals surface area contributed by atoms with Crippen LogP contribution in [0.25, 0.3) is 0 Å². The van der Waals surface area contributed by atoms with Crippen LogP contribution in [0.2, 0.25) is 0 Å². The van der Waals surface area contributed by atoms with Crippen molar-refractivity contribution in [1.29, 1.82) is 0 Å². The van der Waals surface area contributed by atoms with E-state index in [0.717, 1.165) is 12.8 Å². The summed E-state index contributed by atoms with van der Waals surface area (Å²) in [6.07, 6.45) is 3.01. The van der Waals surface area contributed by atoms with Gasteiger partial charge in [-0.3, -0.25) is 0 Å². The van der Waals surface area contributed by atoms with E-state index in [1.807, 2.05) is 32.0 Å². The highest BCUT2D eigenvalue weighted by molar-refractivity contribution is 5.74. The summed E-state index contributed by atoms with van der Waals surface area (Å²) in [5.41, 5.74) is 1.27. The van der Waals surface area contributed by atoms with Crippen molar-refractivity contribution in [2.75, 3.05) is 0 Å². The summed E-state index contributed by atoms with van der Waals surface area (Å²) in [6.45, 7) is 3.85. The number of urea groups is 1. The molecule has 0 bridgehead atoms. The van der Waals surface area contributed by atoms with Crippen LogP contribution in [0.1, 0.15) is 44.1 Å². The van der Waals surface area contributed by atoms with Crippen LogP contribution in [0.4, 0.5) is 4.79 Å². The summed E-state index contributed by atoms with van der Waals surface area (Å²) >= 11 is 0. The molecule has 1 heterocycles. The molecule has 5 nitrogen and oxygen atoms in total.